The maximum absolute atomic E-state index is 5.04. The average molecular weight is 306 g/mol. The first-order valence-electron chi connectivity index (χ1n) is 7.07. The van der Waals surface area contributed by atoms with Crippen molar-refractivity contribution in [2.75, 3.05) is 26.8 Å². The Morgan fingerprint density at radius 3 is 2.57 bits per heavy atom. The molecule has 1 atom stereocenters. The summed E-state index contributed by atoms with van der Waals surface area (Å²) in [5, 5.41) is 3.39. The van der Waals surface area contributed by atoms with E-state index in [1.165, 1.54) is 5.56 Å². The summed E-state index contributed by atoms with van der Waals surface area (Å²) in [4.78, 5) is 14.4. The van der Waals surface area contributed by atoms with E-state index in [1.54, 1.807) is 24.0 Å². The molecule has 5 nitrogen and oxygen atoms in total. The lowest BCUT2D eigenvalue weighted by molar-refractivity contribution is 0.199. The number of aryl methyl sites for hydroxylation is 2. The van der Waals surface area contributed by atoms with Crippen LogP contribution in [-0.2, 0) is 4.74 Å². The van der Waals surface area contributed by atoms with Crippen LogP contribution < -0.4 is 5.32 Å². The number of ether oxygens (including phenoxy) is 1. The Morgan fingerprint density at radius 1 is 1.29 bits per heavy atom. The normalized spacial score (nSPS) is 12.6. The van der Waals surface area contributed by atoms with Crippen LogP contribution in [0.2, 0.25) is 0 Å². The first-order valence-corrected chi connectivity index (χ1v) is 7.95. The number of nitrogens with one attached hydrogen (secondary N) is 1. The van der Waals surface area contributed by atoms with E-state index in [4.69, 9.17) is 4.74 Å². The zero-order valence-corrected chi connectivity index (χ0v) is 13.8. The maximum Gasteiger partial charge on any atom is 0.171 e. The molecule has 0 radical (unpaired) electrons. The van der Waals surface area contributed by atoms with Gasteiger partial charge in [0, 0.05) is 37.8 Å². The first kappa shape index (κ1) is 16.0. The van der Waals surface area contributed by atoms with E-state index in [1.807, 2.05) is 6.20 Å². The van der Waals surface area contributed by atoms with Crippen LogP contribution in [0.1, 0.15) is 29.8 Å². The van der Waals surface area contributed by atoms with Crippen molar-refractivity contribution in [3.63, 3.8) is 0 Å². The fraction of sp³-hybridized carbons (Fsp3) is 0.533. The molecule has 1 N–H and O–H groups in total. The summed E-state index contributed by atoms with van der Waals surface area (Å²) < 4.78 is 5.04. The predicted octanol–water partition coefficient (Wildman–Crippen LogP) is 2.56. The molecule has 0 aliphatic carbocycles. The van der Waals surface area contributed by atoms with E-state index in [0.29, 0.717) is 5.92 Å². The van der Waals surface area contributed by atoms with Gasteiger partial charge in [0.1, 0.15) is 0 Å². The minimum absolute atomic E-state index is 0.373. The standard InChI is InChI=1S/C15H22N4OS/c1-10(7-16-5-6-20-4)14-11(2)18-15(19-12(14)3)13-8-17-9-21-13/h8-10,16H,5-7H2,1-4H3. The van der Waals surface area contributed by atoms with Crippen LogP contribution in [-0.4, -0.2) is 41.8 Å². The third kappa shape index (κ3) is 4.06. The molecule has 2 heterocycles. The van der Waals surface area contributed by atoms with Gasteiger partial charge in [-0.3, -0.25) is 4.98 Å². The van der Waals surface area contributed by atoms with Crippen molar-refractivity contribution in [2.45, 2.75) is 26.7 Å². The summed E-state index contributed by atoms with van der Waals surface area (Å²) in [6.45, 7) is 8.80. The molecule has 2 rings (SSSR count). The molecule has 0 fully saturated rings. The van der Waals surface area contributed by atoms with Crippen molar-refractivity contribution in [2.24, 2.45) is 0 Å². The third-order valence-corrected chi connectivity index (χ3v) is 4.17. The highest BCUT2D eigenvalue weighted by molar-refractivity contribution is 7.13. The molecular formula is C15H22N4OS. The second kappa shape index (κ2) is 7.59. The fourth-order valence-corrected chi connectivity index (χ4v) is 3.02. The Morgan fingerprint density at radius 2 is 2.00 bits per heavy atom. The lowest BCUT2D eigenvalue weighted by Crippen LogP contribution is -2.25. The quantitative estimate of drug-likeness (QED) is 0.797. The van der Waals surface area contributed by atoms with Crippen molar-refractivity contribution in [3.8, 4) is 10.7 Å². The minimum atomic E-state index is 0.373. The first-order chi connectivity index (χ1) is 10.1. The zero-order chi connectivity index (χ0) is 15.2. The Hall–Kier alpha value is -1.37. The van der Waals surface area contributed by atoms with E-state index in [9.17, 15) is 0 Å². The van der Waals surface area contributed by atoms with Gasteiger partial charge in [0.25, 0.3) is 0 Å². The molecule has 0 bridgehead atoms. The molecule has 21 heavy (non-hydrogen) atoms. The molecular weight excluding hydrogens is 284 g/mol. The molecule has 0 aromatic carbocycles. The van der Waals surface area contributed by atoms with Crippen LogP contribution in [0.25, 0.3) is 10.7 Å². The maximum atomic E-state index is 5.04. The smallest absolute Gasteiger partial charge is 0.171 e. The summed E-state index contributed by atoms with van der Waals surface area (Å²) in [6.07, 6.45) is 1.81. The number of hydrogen-bond donors (Lipinski definition) is 1. The van der Waals surface area contributed by atoms with Gasteiger partial charge in [-0.1, -0.05) is 6.92 Å². The Bertz CT molecular complexity index is 548. The van der Waals surface area contributed by atoms with E-state index < -0.39 is 0 Å². The summed E-state index contributed by atoms with van der Waals surface area (Å²) in [7, 11) is 1.71. The van der Waals surface area contributed by atoms with E-state index in [0.717, 1.165) is 41.8 Å². The van der Waals surface area contributed by atoms with E-state index in [2.05, 4.69) is 41.0 Å². The molecule has 0 amide bonds. The molecule has 2 aromatic rings. The third-order valence-electron chi connectivity index (χ3n) is 3.41. The molecule has 0 saturated carbocycles. The second-order valence-corrected chi connectivity index (χ2v) is 5.98. The lowest BCUT2D eigenvalue weighted by Gasteiger charge is -2.17. The van der Waals surface area contributed by atoms with E-state index >= 15 is 0 Å². The Kier molecular flexibility index (Phi) is 5.78. The number of hydrogen-bond acceptors (Lipinski definition) is 6. The summed E-state index contributed by atoms with van der Waals surface area (Å²) in [5.74, 6) is 1.15. The van der Waals surface area contributed by atoms with Gasteiger partial charge in [0.05, 0.1) is 17.0 Å². The molecule has 2 aromatic heterocycles. The highest BCUT2D eigenvalue weighted by Gasteiger charge is 2.16. The molecule has 0 spiro atoms. The highest BCUT2D eigenvalue weighted by Crippen LogP contribution is 2.25. The van der Waals surface area contributed by atoms with Crippen molar-refractivity contribution in [1.82, 2.24) is 20.3 Å². The van der Waals surface area contributed by atoms with Crippen molar-refractivity contribution >= 4 is 11.3 Å². The average Bonchev–Trinajstić information content (AvgIpc) is 2.97. The van der Waals surface area contributed by atoms with Gasteiger partial charge in [0.15, 0.2) is 5.82 Å². The molecule has 1 unspecified atom stereocenters. The molecule has 0 saturated heterocycles. The van der Waals surface area contributed by atoms with Crippen LogP contribution in [0.3, 0.4) is 0 Å². The minimum Gasteiger partial charge on any atom is -0.383 e. The molecule has 0 aliphatic heterocycles. The van der Waals surface area contributed by atoms with Crippen molar-refractivity contribution in [3.05, 3.63) is 28.7 Å². The van der Waals surface area contributed by atoms with Crippen LogP contribution >= 0.6 is 11.3 Å². The number of nitrogens with zero attached hydrogens (tertiary/aromatic N) is 3. The molecule has 114 valence electrons. The van der Waals surface area contributed by atoms with E-state index in [-0.39, 0.29) is 0 Å². The predicted molar refractivity (Wildman–Crippen MR) is 85.8 cm³/mol. The number of thiazole rings is 1. The number of rotatable bonds is 7. The lowest BCUT2D eigenvalue weighted by atomic mass is 9.98. The van der Waals surface area contributed by atoms with Gasteiger partial charge in [0.2, 0.25) is 0 Å². The van der Waals surface area contributed by atoms with Gasteiger partial charge in [-0.15, -0.1) is 11.3 Å². The second-order valence-electron chi connectivity index (χ2n) is 5.10. The monoisotopic (exact) mass is 306 g/mol. The van der Waals surface area contributed by atoms with Gasteiger partial charge in [-0.05, 0) is 25.3 Å². The molecule has 6 heteroatoms. The topological polar surface area (TPSA) is 59.9 Å². The van der Waals surface area contributed by atoms with Gasteiger partial charge in [-0.25, -0.2) is 9.97 Å². The van der Waals surface area contributed by atoms with Crippen LogP contribution in [0.15, 0.2) is 11.7 Å². The highest BCUT2D eigenvalue weighted by atomic mass is 32.1. The Labute approximate surface area is 129 Å². The largest absolute Gasteiger partial charge is 0.383 e. The van der Waals surface area contributed by atoms with Crippen LogP contribution in [0.5, 0.6) is 0 Å². The number of aromatic nitrogens is 3. The fourth-order valence-electron chi connectivity index (χ4n) is 2.47. The van der Waals surface area contributed by atoms with Crippen molar-refractivity contribution in [1.29, 1.82) is 0 Å². The summed E-state index contributed by atoms with van der Waals surface area (Å²) in [6, 6.07) is 0. The zero-order valence-electron chi connectivity index (χ0n) is 13.0. The molecule has 0 aliphatic rings. The van der Waals surface area contributed by atoms with Gasteiger partial charge < -0.3 is 10.1 Å². The Balaban J connectivity index is 2.13. The SMILES string of the molecule is COCCNCC(C)c1c(C)nc(-c2cncs2)nc1C. The van der Waals surface area contributed by atoms with Gasteiger partial charge in [-0.2, -0.15) is 0 Å². The van der Waals surface area contributed by atoms with Gasteiger partial charge >= 0.3 is 0 Å². The van der Waals surface area contributed by atoms with Crippen LogP contribution in [0.4, 0.5) is 0 Å². The number of methoxy groups -OCH3 is 1. The summed E-state index contributed by atoms with van der Waals surface area (Å²) >= 11 is 1.56. The summed E-state index contributed by atoms with van der Waals surface area (Å²) in [5.41, 5.74) is 5.13. The van der Waals surface area contributed by atoms with Crippen LogP contribution in [0, 0.1) is 13.8 Å². The van der Waals surface area contributed by atoms with Crippen molar-refractivity contribution < 1.29 is 4.74 Å².